The third kappa shape index (κ3) is 3.21. The van der Waals surface area contributed by atoms with Gasteiger partial charge in [-0.2, -0.15) is 0 Å². The minimum absolute atomic E-state index is 0.0108. The fourth-order valence-corrected chi connectivity index (χ4v) is 1.98. The fourth-order valence-electron chi connectivity index (χ4n) is 1.61. The molecule has 0 saturated carbocycles. The van der Waals surface area contributed by atoms with Gasteiger partial charge in [-0.25, -0.2) is 9.18 Å². The molecule has 2 aromatic carbocycles. The van der Waals surface area contributed by atoms with Crippen molar-refractivity contribution in [3.05, 3.63) is 63.4 Å². The lowest BCUT2D eigenvalue weighted by Crippen LogP contribution is -2.04. The highest BCUT2D eigenvalue weighted by molar-refractivity contribution is 6.42. The van der Waals surface area contributed by atoms with E-state index in [1.165, 1.54) is 0 Å². The zero-order chi connectivity index (χ0) is 14.7. The lowest BCUT2D eigenvalue weighted by Gasteiger charge is -2.11. The van der Waals surface area contributed by atoms with Crippen LogP contribution in [0.2, 0.25) is 10.0 Å². The summed E-state index contributed by atoms with van der Waals surface area (Å²) >= 11 is 11.9. The van der Waals surface area contributed by atoms with Gasteiger partial charge >= 0.3 is 5.97 Å². The Morgan fingerprint density at radius 3 is 2.70 bits per heavy atom. The van der Waals surface area contributed by atoms with Gasteiger partial charge < -0.3 is 9.84 Å². The van der Waals surface area contributed by atoms with E-state index in [4.69, 9.17) is 33.0 Å². The Morgan fingerprint density at radius 2 is 2.00 bits per heavy atom. The molecule has 0 aromatic heterocycles. The maximum Gasteiger partial charge on any atom is 0.339 e. The molecule has 3 nitrogen and oxygen atoms in total. The molecule has 104 valence electrons. The van der Waals surface area contributed by atoms with Gasteiger partial charge in [0.1, 0.15) is 23.7 Å². The van der Waals surface area contributed by atoms with Gasteiger partial charge in [0.05, 0.1) is 10.0 Å². The van der Waals surface area contributed by atoms with Crippen LogP contribution in [0.25, 0.3) is 0 Å². The molecular weight excluding hydrogens is 306 g/mol. The highest BCUT2D eigenvalue weighted by Gasteiger charge is 2.13. The molecule has 0 spiro atoms. The quantitative estimate of drug-likeness (QED) is 0.909. The summed E-state index contributed by atoms with van der Waals surface area (Å²) in [6.07, 6.45) is 0. The van der Waals surface area contributed by atoms with Gasteiger partial charge in [0.25, 0.3) is 0 Å². The third-order valence-electron chi connectivity index (χ3n) is 2.59. The summed E-state index contributed by atoms with van der Waals surface area (Å²) in [6, 6.07) is 8.22. The zero-order valence-electron chi connectivity index (χ0n) is 10.1. The largest absolute Gasteiger partial charge is 0.488 e. The topological polar surface area (TPSA) is 46.5 Å². The van der Waals surface area contributed by atoms with Gasteiger partial charge in [0.15, 0.2) is 0 Å². The number of carboxylic acid groups (broad SMARTS) is 1. The first kappa shape index (κ1) is 14.6. The predicted octanol–water partition coefficient (Wildman–Crippen LogP) is 4.41. The van der Waals surface area contributed by atoms with E-state index < -0.39 is 11.8 Å². The molecule has 0 bridgehead atoms. The number of hydrogen-bond acceptors (Lipinski definition) is 2. The van der Waals surface area contributed by atoms with Gasteiger partial charge in [-0.3, -0.25) is 0 Å². The molecule has 20 heavy (non-hydrogen) atoms. The molecule has 0 saturated heterocycles. The number of aromatic carboxylic acids is 1. The summed E-state index contributed by atoms with van der Waals surface area (Å²) in [4.78, 5) is 11.0. The van der Waals surface area contributed by atoms with E-state index in [-0.39, 0.29) is 17.9 Å². The second kappa shape index (κ2) is 6.11. The first-order valence-corrected chi connectivity index (χ1v) is 6.33. The van der Waals surface area contributed by atoms with E-state index >= 15 is 0 Å². The molecule has 0 heterocycles. The Labute approximate surface area is 124 Å². The van der Waals surface area contributed by atoms with Crippen molar-refractivity contribution in [2.75, 3.05) is 0 Å². The standard InChI is InChI=1S/C14H9Cl2FO3/c15-11-3-1-2-8(13(11)16)7-20-12-6-9(17)4-5-10(12)14(18)19/h1-6H,7H2,(H,18,19). The Morgan fingerprint density at radius 1 is 1.25 bits per heavy atom. The molecule has 0 fully saturated rings. The van der Waals surface area contributed by atoms with E-state index in [1.807, 2.05) is 0 Å². The van der Waals surface area contributed by atoms with E-state index in [0.29, 0.717) is 15.6 Å². The molecule has 0 amide bonds. The average molecular weight is 315 g/mol. The summed E-state index contributed by atoms with van der Waals surface area (Å²) in [6.45, 7) is -0.0108. The molecular formula is C14H9Cl2FO3. The molecule has 1 N–H and O–H groups in total. The SMILES string of the molecule is O=C(O)c1ccc(F)cc1OCc1cccc(Cl)c1Cl. The predicted molar refractivity (Wildman–Crippen MR) is 74.2 cm³/mol. The smallest absolute Gasteiger partial charge is 0.339 e. The highest BCUT2D eigenvalue weighted by atomic mass is 35.5. The van der Waals surface area contributed by atoms with Gasteiger partial charge in [-0.15, -0.1) is 0 Å². The van der Waals surface area contributed by atoms with Crippen LogP contribution in [0.3, 0.4) is 0 Å². The summed E-state index contributed by atoms with van der Waals surface area (Å²) in [5.41, 5.74) is 0.462. The maximum absolute atomic E-state index is 13.2. The van der Waals surface area contributed by atoms with Crippen LogP contribution >= 0.6 is 23.2 Å². The maximum atomic E-state index is 13.2. The van der Waals surface area contributed by atoms with Crippen molar-refractivity contribution in [3.8, 4) is 5.75 Å². The minimum atomic E-state index is -1.20. The first-order chi connectivity index (χ1) is 9.49. The molecule has 0 aliphatic carbocycles. The Bertz CT molecular complexity index is 659. The molecule has 2 aromatic rings. The number of ether oxygens (including phenoxy) is 1. The van der Waals surface area contributed by atoms with Gasteiger partial charge in [0.2, 0.25) is 0 Å². The lowest BCUT2D eigenvalue weighted by atomic mass is 10.2. The fraction of sp³-hybridized carbons (Fsp3) is 0.0714. The molecule has 0 aliphatic rings. The van der Waals surface area contributed by atoms with Crippen molar-refractivity contribution < 1.29 is 19.0 Å². The van der Waals surface area contributed by atoms with Crippen molar-refractivity contribution in [1.29, 1.82) is 0 Å². The number of benzene rings is 2. The van der Waals surface area contributed by atoms with Gasteiger partial charge in [-0.05, 0) is 18.2 Å². The van der Waals surface area contributed by atoms with E-state index in [9.17, 15) is 9.18 Å². The molecule has 0 atom stereocenters. The number of halogens is 3. The van der Waals surface area contributed by atoms with E-state index in [1.54, 1.807) is 18.2 Å². The molecule has 0 radical (unpaired) electrons. The first-order valence-electron chi connectivity index (χ1n) is 5.57. The van der Waals surface area contributed by atoms with Crippen LogP contribution in [0, 0.1) is 5.82 Å². The zero-order valence-corrected chi connectivity index (χ0v) is 11.6. The van der Waals surface area contributed by atoms with Gasteiger partial charge in [-0.1, -0.05) is 35.3 Å². The molecule has 0 aliphatic heterocycles. The van der Waals surface area contributed by atoms with Crippen molar-refractivity contribution in [1.82, 2.24) is 0 Å². The minimum Gasteiger partial charge on any atom is -0.488 e. The van der Waals surface area contributed by atoms with Crippen molar-refractivity contribution in [2.45, 2.75) is 6.61 Å². The van der Waals surface area contributed by atoms with Crippen LogP contribution in [-0.4, -0.2) is 11.1 Å². The van der Waals surface area contributed by atoms with Crippen molar-refractivity contribution in [3.63, 3.8) is 0 Å². The van der Waals surface area contributed by atoms with Crippen molar-refractivity contribution >= 4 is 29.2 Å². The number of hydrogen-bond donors (Lipinski definition) is 1. The Hall–Kier alpha value is -1.78. The van der Waals surface area contributed by atoms with Crippen molar-refractivity contribution in [2.24, 2.45) is 0 Å². The lowest BCUT2D eigenvalue weighted by molar-refractivity contribution is 0.0691. The second-order valence-corrected chi connectivity index (χ2v) is 4.73. The number of carbonyl (C=O) groups is 1. The third-order valence-corrected chi connectivity index (χ3v) is 3.45. The van der Waals surface area contributed by atoms with E-state index in [0.717, 1.165) is 18.2 Å². The normalized spacial score (nSPS) is 10.3. The summed E-state index contributed by atoms with van der Waals surface area (Å²) in [5, 5.41) is 9.69. The summed E-state index contributed by atoms with van der Waals surface area (Å²) in [5.74, 6) is -1.84. The van der Waals surface area contributed by atoms with Crippen LogP contribution in [0.1, 0.15) is 15.9 Å². The van der Waals surface area contributed by atoms with Crippen LogP contribution < -0.4 is 4.74 Å². The highest BCUT2D eigenvalue weighted by Crippen LogP contribution is 2.27. The van der Waals surface area contributed by atoms with Gasteiger partial charge in [0, 0.05) is 11.6 Å². The van der Waals surface area contributed by atoms with Crippen LogP contribution in [0.5, 0.6) is 5.75 Å². The summed E-state index contributed by atoms with van der Waals surface area (Å²) < 4.78 is 18.5. The number of rotatable bonds is 4. The summed E-state index contributed by atoms with van der Waals surface area (Å²) in [7, 11) is 0. The Kier molecular flexibility index (Phi) is 4.47. The monoisotopic (exact) mass is 314 g/mol. The average Bonchev–Trinajstić information content (AvgIpc) is 2.40. The Balaban J connectivity index is 2.24. The second-order valence-electron chi connectivity index (χ2n) is 3.95. The van der Waals surface area contributed by atoms with Crippen LogP contribution in [0.15, 0.2) is 36.4 Å². The molecule has 6 heteroatoms. The van der Waals surface area contributed by atoms with Crippen LogP contribution in [0.4, 0.5) is 4.39 Å². The molecule has 0 unspecified atom stereocenters. The number of carboxylic acids is 1. The molecule has 2 rings (SSSR count). The van der Waals surface area contributed by atoms with Crippen LogP contribution in [-0.2, 0) is 6.61 Å². The van der Waals surface area contributed by atoms with E-state index in [2.05, 4.69) is 0 Å².